The molecule has 0 aliphatic carbocycles. The van der Waals surface area contributed by atoms with E-state index in [0.29, 0.717) is 16.5 Å². The molecule has 0 fully saturated rings. The summed E-state index contributed by atoms with van der Waals surface area (Å²) in [6.07, 6.45) is -0.215. The van der Waals surface area contributed by atoms with Crippen LogP contribution in [0.3, 0.4) is 0 Å². The van der Waals surface area contributed by atoms with Crippen LogP contribution < -0.4 is 5.56 Å². The Morgan fingerprint density at radius 1 is 1.20 bits per heavy atom. The number of hydrogen-bond donors (Lipinski definition) is 1. The summed E-state index contributed by atoms with van der Waals surface area (Å²) in [7, 11) is 0. The van der Waals surface area contributed by atoms with Crippen molar-refractivity contribution in [3.05, 3.63) is 56.1 Å². The number of carbonyl (C=O) groups is 1. The fourth-order valence-corrected chi connectivity index (χ4v) is 4.35. The van der Waals surface area contributed by atoms with Gasteiger partial charge in [0.2, 0.25) is 0 Å². The second-order valence-electron chi connectivity index (χ2n) is 5.25. The fraction of sp³-hybridized carbons (Fsp3) is 0.176. The smallest absolute Gasteiger partial charge is 0.309 e. The van der Waals surface area contributed by atoms with Gasteiger partial charge in [-0.25, -0.2) is 9.67 Å². The van der Waals surface area contributed by atoms with Gasteiger partial charge in [0.25, 0.3) is 5.56 Å². The lowest BCUT2D eigenvalue weighted by Crippen LogP contribution is -2.25. The minimum atomic E-state index is -0.972. The molecular weight excluding hydrogens is 358 g/mol. The van der Waals surface area contributed by atoms with E-state index in [4.69, 9.17) is 5.11 Å². The zero-order valence-corrected chi connectivity index (χ0v) is 13.9. The molecule has 25 heavy (non-hydrogen) atoms. The average Bonchev–Trinajstić information content (AvgIpc) is 3.17. The van der Waals surface area contributed by atoms with Crippen molar-refractivity contribution in [1.82, 2.24) is 14.8 Å². The summed E-state index contributed by atoms with van der Waals surface area (Å²) in [5.74, 6) is -0.972. The number of aliphatic carboxylic acids is 1. The highest BCUT2D eigenvalue weighted by atomic mass is 32.1. The number of rotatable bonds is 4. The molecule has 0 unspecified atom stereocenters. The van der Waals surface area contributed by atoms with Crippen LogP contribution in [0.1, 0.15) is 18.1 Å². The average molecular weight is 373 g/mol. The lowest BCUT2D eigenvalue weighted by molar-refractivity contribution is -0.136. The lowest BCUT2D eigenvalue weighted by atomic mass is 10.2. The second-order valence-corrected chi connectivity index (χ2v) is 7.11. The van der Waals surface area contributed by atoms with Crippen LogP contribution >= 0.6 is 22.7 Å². The van der Waals surface area contributed by atoms with E-state index in [1.165, 1.54) is 27.4 Å². The second kappa shape index (κ2) is 6.73. The molecule has 0 amide bonds. The predicted molar refractivity (Wildman–Crippen MR) is 101 cm³/mol. The SMILES string of the molecule is C.O=C(O)Cc1nn(Cc2nc3ccccc3s2)c(=O)c2cscc12. The van der Waals surface area contributed by atoms with Crippen molar-refractivity contribution in [2.24, 2.45) is 0 Å². The van der Waals surface area contributed by atoms with Crippen LogP contribution in [0.4, 0.5) is 0 Å². The molecule has 4 aromatic rings. The molecule has 3 aromatic heterocycles. The Morgan fingerprint density at radius 3 is 2.72 bits per heavy atom. The maximum Gasteiger partial charge on any atom is 0.309 e. The van der Waals surface area contributed by atoms with Crippen LogP contribution in [-0.4, -0.2) is 25.8 Å². The predicted octanol–water partition coefficient (Wildman–Crippen LogP) is 3.38. The van der Waals surface area contributed by atoms with Gasteiger partial charge in [-0.3, -0.25) is 9.59 Å². The highest BCUT2D eigenvalue weighted by molar-refractivity contribution is 7.18. The topological polar surface area (TPSA) is 85.1 Å². The number of thiophene rings is 1. The van der Waals surface area contributed by atoms with E-state index in [9.17, 15) is 9.59 Å². The van der Waals surface area contributed by atoms with E-state index in [-0.39, 0.29) is 26.0 Å². The van der Waals surface area contributed by atoms with E-state index in [0.717, 1.165) is 15.2 Å². The van der Waals surface area contributed by atoms with Crippen molar-refractivity contribution in [2.75, 3.05) is 0 Å². The summed E-state index contributed by atoms with van der Waals surface area (Å²) >= 11 is 2.87. The Morgan fingerprint density at radius 2 is 1.96 bits per heavy atom. The van der Waals surface area contributed by atoms with Gasteiger partial charge in [0.05, 0.1) is 34.3 Å². The summed E-state index contributed by atoms with van der Waals surface area (Å²) < 4.78 is 2.35. The normalized spacial score (nSPS) is 10.9. The molecular formula is C17H15N3O3S2. The minimum absolute atomic E-state index is 0. The quantitative estimate of drug-likeness (QED) is 0.593. The Kier molecular flexibility index (Phi) is 4.65. The Balaban J connectivity index is 0.00000182. The number of fused-ring (bicyclic) bond motifs is 2. The van der Waals surface area contributed by atoms with Crippen LogP contribution in [0, 0.1) is 0 Å². The molecule has 8 heteroatoms. The van der Waals surface area contributed by atoms with Gasteiger partial charge in [-0.2, -0.15) is 16.4 Å². The first-order chi connectivity index (χ1) is 11.6. The molecule has 3 heterocycles. The lowest BCUT2D eigenvalue weighted by Gasteiger charge is -2.06. The number of carboxylic acid groups (broad SMARTS) is 1. The first kappa shape index (κ1) is 17.2. The van der Waals surface area contributed by atoms with E-state index in [2.05, 4.69) is 10.1 Å². The Labute approximate surface area is 151 Å². The third-order valence-electron chi connectivity index (χ3n) is 3.62. The molecule has 0 bridgehead atoms. The number of carboxylic acids is 1. The van der Waals surface area contributed by atoms with Gasteiger partial charge >= 0.3 is 5.97 Å². The molecule has 0 saturated heterocycles. The van der Waals surface area contributed by atoms with Crippen LogP contribution in [0.15, 0.2) is 39.8 Å². The first-order valence-electron chi connectivity index (χ1n) is 7.14. The highest BCUT2D eigenvalue weighted by Crippen LogP contribution is 2.23. The standard InChI is InChI=1S/C16H11N3O3S2.CH4/c20-15(21)5-12-9-7-23-8-10(9)16(22)19(18-12)6-14-17-11-3-1-2-4-13(11)24-14;/h1-4,7-8H,5-6H2,(H,20,21);1H4. The van der Waals surface area contributed by atoms with E-state index in [1.807, 2.05) is 24.3 Å². The zero-order valence-electron chi connectivity index (χ0n) is 12.3. The van der Waals surface area contributed by atoms with E-state index in [1.54, 1.807) is 10.8 Å². The third-order valence-corrected chi connectivity index (χ3v) is 5.39. The molecule has 0 saturated carbocycles. The van der Waals surface area contributed by atoms with Crippen molar-refractivity contribution in [2.45, 2.75) is 20.4 Å². The summed E-state index contributed by atoms with van der Waals surface area (Å²) in [4.78, 5) is 28.2. The zero-order chi connectivity index (χ0) is 16.7. The third kappa shape index (κ3) is 3.18. The maximum absolute atomic E-state index is 12.6. The largest absolute Gasteiger partial charge is 0.481 e. The molecule has 0 radical (unpaired) electrons. The molecule has 1 N–H and O–H groups in total. The Hall–Kier alpha value is -2.58. The minimum Gasteiger partial charge on any atom is -0.481 e. The molecule has 6 nitrogen and oxygen atoms in total. The summed E-state index contributed by atoms with van der Waals surface area (Å²) in [6, 6.07) is 7.75. The van der Waals surface area contributed by atoms with Crippen LogP contribution in [0.25, 0.3) is 21.0 Å². The number of thiazole rings is 1. The van der Waals surface area contributed by atoms with Crippen LogP contribution in [-0.2, 0) is 17.8 Å². The van der Waals surface area contributed by atoms with Crippen LogP contribution in [0.2, 0.25) is 0 Å². The van der Waals surface area contributed by atoms with Crippen LogP contribution in [0.5, 0.6) is 0 Å². The van der Waals surface area contributed by atoms with Crippen molar-refractivity contribution in [1.29, 1.82) is 0 Å². The number of nitrogens with zero attached hydrogens (tertiary/aromatic N) is 3. The molecule has 128 valence electrons. The van der Waals surface area contributed by atoms with E-state index < -0.39 is 5.97 Å². The van der Waals surface area contributed by atoms with Gasteiger partial charge < -0.3 is 5.11 Å². The summed E-state index contributed by atoms with van der Waals surface area (Å²) in [5, 5.41) is 18.7. The monoisotopic (exact) mass is 373 g/mol. The van der Waals surface area contributed by atoms with Gasteiger partial charge in [0.1, 0.15) is 5.01 Å². The summed E-state index contributed by atoms with van der Waals surface area (Å²) in [5.41, 5.74) is 1.06. The molecule has 0 aliphatic rings. The molecule has 1 aromatic carbocycles. The number of aromatic nitrogens is 3. The van der Waals surface area contributed by atoms with Crippen molar-refractivity contribution in [3.63, 3.8) is 0 Å². The van der Waals surface area contributed by atoms with Gasteiger partial charge in [-0.15, -0.1) is 11.3 Å². The number of para-hydroxylation sites is 1. The maximum atomic E-state index is 12.6. The van der Waals surface area contributed by atoms with Crippen molar-refractivity contribution < 1.29 is 9.90 Å². The van der Waals surface area contributed by atoms with Crippen molar-refractivity contribution >= 4 is 49.6 Å². The molecule has 0 aliphatic heterocycles. The van der Waals surface area contributed by atoms with Gasteiger partial charge in [0, 0.05) is 16.1 Å². The van der Waals surface area contributed by atoms with Crippen molar-refractivity contribution in [3.8, 4) is 0 Å². The summed E-state index contributed by atoms with van der Waals surface area (Å²) in [6.45, 7) is 0.233. The fourth-order valence-electron chi connectivity index (χ4n) is 2.57. The van der Waals surface area contributed by atoms with E-state index >= 15 is 0 Å². The Bertz CT molecular complexity index is 1090. The number of hydrogen-bond acceptors (Lipinski definition) is 6. The highest BCUT2D eigenvalue weighted by Gasteiger charge is 2.15. The molecule has 0 atom stereocenters. The van der Waals surface area contributed by atoms with Gasteiger partial charge in [-0.05, 0) is 12.1 Å². The van der Waals surface area contributed by atoms with Gasteiger partial charge in [0.15, 0.2) is 0 Å². The molecule has 0 spiro atoms. The number of benzene rings is 1. The van der Waals surface area contributed by atoms with Gasteiger partial charge in [-0.1, -0.05) is 19.6 Å². The molecule has 4 rings (SSSR count). The first-order valence-corrected chi connectivity index (χ1v) is 8.90.